The average molecular weight is 490 g/mol. The van der Waals surface area contributed by atoms with Gasteiger partial charge in [0.1, 0.15) is 17.5 Å². The first kappa shape index (κ1) is 24.2. The fraction of sp³-hybridized carbons (Fsp3) is 0.185. The summed E-state index contributed by atoms with van der Waals surface area (Å²) in [6.45, 7) is 2.46. The standard InChI is InChI=1S/C27H24FN3O3S/c1-2-18-6-9-22(10-7-18)31-27(35-16-20-4-3-5-21(28)12-20)23(14-29)26(32)30-15-19-8-11-24-25(13-19)34-17-33-24/h3-13,31H,2,15-17H2,1H3,(H,30,32)/b27-23+. The van der Waals surface area contributed by atoms with Crippen molar-refractivity contribution in [3.63, 3.8) is 0 Å². The molecule has 1 aliphatic heterocycles. The molecule has 0 saturated heterocycles. The van der Waals surface area contributed by atoms with Gasteiger partial charge in [-0.15, -0.1) is 11.8 Å². The molecule has 0 unspecified atom stereocenters. The molecule has 178 valence electrons. The molecule has 6 nitrogen and oxygen atoms in total. The molecule has 3 aromatic rings. The first-order chi connectivity index (χ1) is 17.1. The largest absolute Gasteiger partial charge is 0.454 e. The van der Waals surface area contributed by atoms with Crippen molar-refractivity contribution in [2.24, 2.45) is 0 Å². The predicted molar refractivity (Wildman–Crippen MR) is 134 cm³/mol. The quantitative estimate of drug-likeness (QED) is 0.304. The summed E-state index contributed by atoms with van der Waals surface area (Å²) in [5, 5.41) is 16.3. The Morgan fingerprint density at radius 3 is 2.54 bits per heavy atom. The highest BCUT2D eigenvalue weighted by atomic mass is 32.2. The number of hydrogen-bond acceptors (Lipinski definition) is 6. The maximum atomic E-state index is 13.6. The van der Waals surface area contributed by atoms with Gasteiger partial charge in [-0.25, -0.2) is 4.39 Å². The molecular weight excluding hydrogens is 465 g/mol. The molecular formula is C27H24FN3O3S. The number of benzene rings is 3. The monoisotopic (exact) mass is 489 g/mol. The predicted octanol–water partition coefficient (Wildman–Crippen LogP) is 5.51. The van der Waals surface area contributed by atoms with Crippen molar-refractivity contribution in [1.29, 1.82) is 5.26 Å². The van der Waals surface area contributed by atoms with Gasteiger partial charge in [0.15, 0.2) is 11.5 Å². The fourth-order valence-corrected chi connectivity index (χ4v) is 4.40. The lowest BCUT2D eigenvalue weighted by molar-refractivity contribution is -0.117. The lowest BCUT2D eigenvalue weighted by Crippen LogP contribution is -2.25. The zero-order valence-corrected chi connectivity index (χ0v) is 20.0. The molecule has 3 aromatic carbocycles. The van der Waals surface area contributed by atoms with Crippen molar-refractivity contribution in [1.82, 2.24) is 5.32 Å². The fourth-order valence-electron chi connectivity index (χ4n) is 3.43. The Balaban J connectivity index is 1.53. The number of aryl methyl sites for hydroxylation is 1. The number of nitriles is 1. The number of ether oxygens (including phenoxy) is 2. The Bertz CT molecular complexity index is 1290. The van der Waals surface area contributed by atoms with Crippen LogP contribution in [-0.4, -0.2) is 12.7 Å². The van der Waals surface area contributed by atoms with Crippen LogP contribution in [0.15, 0.2) is 77.3 Å². The molecule has 4 rings (SSSR count). The summed E-state index contributed by atoms with van der Waals surface area (Å²) in [5.41, 5.74) is 3.44. The van der Waals surface area contributed by atoms with Crippen molar-refractivity contribution >= 4 is 23.4 Å². The topological polar surface area (TPSA) is 83.4 Å². The van der Waals surface area contributed by atoms with Crippen molar-refractivity contribution in [3.05, 3.63) is 99.8 Å². The van der Waals surface area contributed by atoms with Crippen LogP contribution < -0.4 is 20.1 Å². The van der Waals surface area contributed by atoms with Crippen molar-refractivity contribution in [2.45, 2.75) is 25.6 Å². The summed E-state index contributed by atoms with van der Waals surface area (Å²) >= 11 is 1.27. The maximum absolute atomic E-state index is 13.6. The molecule has 0 fully saturated rings. The summed E-state index contributed by atoms with van der Waals surface area (Å²) in [7, 11) is 0. The maximum Gasteiger partial charge on any atom is 0.264 e. The van der Waals surface area contributed by atoms with Crippen LogP contribution in [0.5, 0.6) is 11.5 Å². The Labute approximate surface area is 207 Å². The molecule has 8 heteroatoms. The summed E-state index contributed by atoms with van der Waals surface area (Å²) in [6, 6.07) is 21.5. The summed E-state index contributed by atoms with van der Waals surface area (Å²) < 4.78 is 24.3. The van der Waals surface area contributed by atoms with Crippen LogP contribution in [0.3, 0.4) is 0 Å². The zero-order chi connectivity index (χ0) is 24.6. The molecule has 1 aliphatic rings. The van der Waals surface area contributed by atoms with E-state index < -0.39 is 5.91 Å². The van der Waals surface area contributed by atoms with Gasteiger partial charge < -0.3 is 20.1 Å². The van der Waals surface area contributed by atoms with Crippen LogP contribution in [0.4, 0.5) is 10.1 Å². The SMILES string of the molecule is CCc1ccc(N/C(SCc2cccc(F)c2)=C(/C#N)C(=O)NCc2ccc3c(c2)OCO3)cc1. The molecule has 1 amide bonds. The third kappa shape index (κ3) is 6.34. The number of halogens is 1. The van der Waals surface area contributed by atoms with Crippen molar-refractivity contribution in [3.8, 4) is 17.6 Å². The molecule has 35 heavy (non-hydrogen) atoms. The van der Waals surface area contributed by atoms with E-state index >= 15 is 0 Å². The zero-order valence-electron chi connectivity index (χ0n) is 19.1. The second-order valence-corrected chi connectivity index (χ2v) is 8.77. The molecule has 0 bridgehead atoms. The molecule has 0 aromatic heterocycles. The number of nitrogens with zero attached hydrogens (tertiary/aromatic N) is 1. The molecule has 2 N–H and O–H groups in total. The van der Waals surface area contributed by atoms with E-state index in [1.54, 1.807) is 24.3 Å². The second kappa shape index (κ2) is 11.4. The Morgan fingerprint density at radius 2 is 1.80 bits per heavy atom. The Hall–Kier alpha value is -3.96. The number of carbonyl (C=O) groups is 1. The van der Waals surface area contributed by atoms with Gasteiger partial charge in [0.25, 0.3) is 5.91 Å². The third-order valence-corrected chi connectivity index (χ3v) is 6.42. The van der Waals surface area contributed by atoms with E-state index in [2.05, 4.69) is 17.6 Å². The van der Waals surface area contributed by atoms with Gasteiger partial charge >= 0.3 is 0 Å². The van der Waals surface area contributed by atoms with E-state index in [4.69, 9.17) is 9.47 Å². The van der Waals surface area contributed by atoms with Gasteiger partial charge in [-0.05, 0) is 59.5 Å². The van der Waals surface area contributed by atoms with E-state index in [-0.39, 0.29) is 24.7 Å². The van der Waals surface area contributed by atoms with Gasteiger partial charge in [0.2, 0.25) is 6.79 Å². The molecule has 1 heterocycles. The first-order valence-electron chi connectivity index (χ1n) is 11.1. The number of rotatable bonds is 9. The van der Waals surface area contributed by atoms with E-state index in [1.807, 2.05) is 36.4 Å². The molecule has 0 spiro atoms. The number of carbonyl (C=O) groups excluding carboxylic acids is 1. The minimum atomic E-state index is -0.510. The van der Waals surface area contributed by atoms with Crippen molar-refractivity contribution < 1.29 is 18.7 Å². The first-order valence-corrected chi connectivity index (χ1v) is 12.1. The van der Waals surface area contributed by atoms with Crippen LogP contribution in [0, 0.1) is 17.1 Å². The number of thioether (sulfide) groups is 1. The van der Waals surface area contributed by atoms with Gasteiger partial charge in [-0.3, -0.25) is 4.79 Å². The highest BCUT2D eigenvalue weighted by Gasteiger charge is 2.18. The van der Waals surface area contributed by atoms with E-state index in [9.17, 15) is 14.4 Å². The van der Waals surface area contributed by atoms with Crippen LogP contribution in [0.1, 0.15) is 23.6 Å². The number of amides is 1. The Kier molecular flexibility index (Phi) is 7.91. The second-order valence-electron chi connectivity index (χ2n) is 7.78. The lowest BCUT2D eigenvalue weighted by Gasteiger charge is -2.14. The summed E-state index contributed by atoms with van der Waals surface area (Å²) in [4.78, 5) is 13.0. The van der Waals surface area contributed by atoms with Crippen LogP contribution in [0.2, 0.25) is 0 Å². The average Bonchev–Trinajstić information content (AvgIpc) is 3.35. The molecule has 0 atom stereocenters. The minimum absolute atomic E-state index is 0.0493. The Morgan fingerprint density at radius 1 is 1.03 bits per heavy atom. The van der Waals surface area contributed by atoms with Crippen molar-refractivity contribution in [2.75, 3.05) is 12.1 Å². The molecule has 0 radical (unpaired) electrons. The number of hydrogen-bond donors (Lipinski definition) is 2. The molecule has 0 aliphatic carbocycles. The van der Waals surface area contributed by atoms with Gasteiger partial charge in [-0.1, -0.05) is 37.3 Å². The lowest BCUT2D eigenvalue weighted by atomic mass is 10.1. The van der Waals surface area contributed by atoms with Gasteiger partial charge in [0.05, 0.1) is 5.03 Å². The number of anilines is 1. The van der Waals surface area contributed by atoms with E-state index in [0.29, 0.717) is 22.3 Å². The smallest absolute Gasteiger partial charge is 0.264 e. The van der Waals surface area contributed by atoms with Crippen LogP contribution in [-0.2, 0) is 23.5 Å². The number of fused-ring (bicyclic) bond motifs is 1. The molecule has 0 saturated carbocycles. The van der Waals surface area contributed by atoms with Crippen LogP contribution in [0.25, 0.3) is 0 Å². The normalized spacial score (nSPS) is 12.5. The summed E-state index contributed by atoms with van der Waals surface area (Å²) in [5.74, 6) is 0.819. The number of nitrogens with one attached hydrogen (secondary N) is 2. The van der Waals surface area contributed by atoms with E-state index in [1.165, 1.54) is 29.5 Å². The highest BCUT2D eigenvalue weighted by molar-refractivity contribution is 8.02. The minimum Gasteiger partial charge on any atom is -0.454 e. The highest BCUT2D eigenvalue weighted by Crippen LogP contribution is 2.32. The third-order valence-electron chi connectivity index (χ3n) is 5.35. The summed E-state index contributed by atoms with van der Waals surface area (Å²) in [6.07, 6.45) is 0.906. The van der Waals surface area contributed by atoms with Gasteiger partial charge in [-0.2, -0.15) is 5.26 Å². The van der Waals surface area contributed by atoms with E-state index in [0.717, 1.165) is 23.2 Å². The van der Waals surface area contributed by atoms with Gasteiger partial charge in [0, 0.05) is 18.0 Å². The van der Waals surface area contributed by atoms with Crippen LogP contribution >= 0.6 is 11.8 Å².